The standard InChI is InChI=1S/C10H12N2S2/c1-3-10(2,8-11-4-6-13-8)9-12-5-7-14-9/h4-7H,3H2,1-2H3. The van der Waals surface area contributed by atoms with E-state index in [2.05, 4.69) is 23.8 Å². The second-order valence-electron chi connectivity index (χ2n) is 3.36. The molecular formula is C10H12N2S2. The molecule has 14 heavy (non-hydrogen) atoms. The summed E-state index contributed by atoms with van der Waals surface area (Å²) in [7, 11) is 0. The van der Waals surface area contributed by atoms with E-state index in [1.54, 1.807) is 22.7 Å². The number of hydrogen-bond acceptors (Lipinski definition) is 4. The Morgan fingerprint density at radius 1 is 1.14 bits per heavy atom. The van der Waals surface area contributed by atoms with Gasteiger partial charge in [0.2, 0.25) is 0 Å². The third kappa shape index (κ3) is 1.48. The van der Waals surface area contributed by atoms with Crippen molar-refractivity contribution in [3.05, 3.63) is 33.2 Å². The molecule has 0 unspecified atom stereocenters. The summed E-state index contributed by atoms with van der Waals surface area (Å²) in [6.45, 7) is 4.40. The van der Waals surface area contributed by atoms with Crippen molar-refractivity contribution in [2.75, 3.05) is 0 Å². The second kappa shape index (κ2) is 3.79. The molecule has 2 aromatic heterocycles. The van der Waals surface area contributed by atoms with Gasteiger partial charge in [0, 0.05) is 23.2 Å². The maximum atomic E-state index is 4.40. The molecule has 2 heterocycles. The zero-order chi connectivity index (χ0) is 10.0. The van der Waals surface area contributed by atoms with Crippen molar-refractivity contribution in [3.63, 3.8) is 0 Å². The molecule has 2 aromatic rings. The lowest BCUT2D eigenvalue weighted by Gasteiger charge is -2.22. The Kier molecular flexibility index (Phi) is 2.65. The van der Waals surface area contributed by atoms with Crippen LogP contribution in [0, 0.1) is 0 Å². The number of rotatable bonds is 3. The number of thiazole rings is 2. The summed E-state index contributed by atoms with van der Waals surface area (Å²) in [4.78, 5) is 8.80. The largest absolute Gasteiger partial charge is 0.249 e. The molecule has 0 fully saturated rings. The molecule has 0 bridgehead atoms. The molecule has 0 aliphatic rings. The van der Waals surface area contributed by atoms with E-state index in [9.17, 15) is 0 Å². The Balaban J connectivity index is 2.45. The number of hydrogen-bond donors (Lipinski definition) is 0. The summed E-state index contributed by atoms with van der Waals surface area (Å²) in [5.74, 6) is 0. The third-order valence-corrected chi connectivity index (χ3v) is 4.59. The minimum atomic E-state index is 0.00231. The van der Waals surface area contributed by atoms with Crippen molar-refractivity contribution in [2.45, 2.75) is 25.7 Å². The minimum absolute atomic E-state index is 0.00231. The fourth-order valence-electron chi connectivity index (χ4n) is 1.39. The first-order valence-corrected chi connectivity index (χ1v) is 6.33. The molecule has 0 saturated carbocycles. The molecule has 0 spiro atoms. The van der Waals surface area contributed by atoms with E-state index in [-0.39, 0.29) is 5.41 Å². The normalized spacial score (nSPS) is 11.9. The van der Waals surface area contributed by atoms with E-state index in [1.807, 2.05) is 23.2 Å². The molecule has 0 saturated heterocycles. The highest BCUT2D eigenvalue weighted by Crippen LogP contribution is 2.36. The second-order valence-corrected chi connectivity index (χ2v) is 5.15. The molecule has 0 aliphatic heterocycles. The smallest absolute Gasteiger partial charge is 0.105 e. The first-order valence-electron chi connectivity index (χ1n) is 4.57. The maximum absolute atomic E-state index is 4.40. The van der Waals surface area contributed by atoms with Gasteiger partial charge in [-0.2, -0.15) is 0 Å². The van der Waals surface area contributed by atoms with Gasteiger partial charge < -0.3 is 0 Å². The predicted molar refractivity (Wildman–Crippen MR) is 61.0 cm³/mol. The summed E-state index contributed by atoms with van der Waals surface area (Å²) in [6, 6.07) is 0. The average molecular weight is 224 g/mol. The molecule has 0 amide bonds. The van der Waals surface area contributed by atoms with Gasteiger partial charge in [-0.3, -0.25) is 0 Å². The van der Waals surface area contributed by atoms with E-state index >= 15 is 0 Å². The molecule has 0 aromatic carbocycles. The van der Waals surface area contributed by atoms with Gasteiger partial charge in [0.1, 0.15) is 10.0 Å². The van der Waals surface area contributed by atoms with Gasteiger partial charge in [0.05, 0.1) is 5.41 Å². The molecule has 2 rings (SSSR count). The fourth-order valence-corrected chi connectivity index (χ4v) is 3.20. The summed E-state index contributed by atoms with van der Waals surface area (Å²) < 4.78 is 0. The number of aromatic nitrogens is 2. The van der Waals surface area contributed by atoms with Crippen LogP contribution in [0.15, 0.2) is 23.2 Å². The SMILES string of the molecule is CCC(C)(c1nccs1)c1nccs1. The molecular weight excluding hydrogens is 212 g/mol. The van der Waals surface area contributed by atoms with Crippen LogP contribution in [0.4, 0.5) is 0 Å². The first-order chi connectivity index (χ1) is 6.77. The summed E-state index contributed by atoms with van der Waals surface area (Å²) in [5, 5.41) is 6.37. The van der Waals surface area contributed by atoms with Crippen LogP contribution in [-0.2, 0) is 5.41 Å². The summed E-state index contributed by atoms with van der Waals surface area (Å²) in [5.41, 5.74) is 0.00231. The van der Waals surface area contributed by atoms with Crippen molar-refractivity contribution in [2.24, 2.45) is 0 Å². The Morgan fingerprint density at radius 2 is 1.64 bits per heavy atom. The van der Waals surface area contributed by atoms with Gasteiger partial charge in [0.25, 0.3) is 0 Å². The lowest BCUT2D eigenvalue weighted by atomic mass is 9.89. The predicted octanol–water partition coefficient (Wildman–Crippen LogP) is 3.32. The quantitative estimate of drug-likeness (QED) is 0.799. The van der Waals surface area contributed by atoms with Crippen molar-refractivity contribution in [1.29, 1.82) is 0 Å². The molecule has 2 nitrogen and oxygen atoms in total. The summed E-state index contributed by atoms with van der Waals surface area (Å²) in [6.07, 6.45) is 4.76. The topological polar surface area (TPSA) is 25.8 Å². The fraction of sp³-hybridized carbons (Fsp3) is 0.400. The van der Waals surface area contributed by atoms with Crippen LogP contribution >= 0.6 is 22.7 Å². The van der Waals surface area contributed by atoms with Gasteiger partial charge in [-0.05, 0) is 13.3 Å². The van der Waals surface area contributed by atoms with Crippen molar-refractivity contribution >= 4 is 22.7 Å². The zero-order valence-corrected chi connectivity index (χ0v) is 9.86. The zero-order valence-electron chi connectivity index (χ0n) is 8.23. The van der Waals surface area contributed by atoms with Crippen LogP contribution in [0.2, 0.25) is 0 Å². The van der Waals surface area contributed by atoms with Crippen LogP contribution in [-0.4, -0.2) is 9.97 Å². The molecule has 0 radical (unpaired) electrons. The van der Waals surface area contributed by atoms with Crippen LogP contribution < -0.4 is 0 Å². The van der Waals surface area contributed by atoms with Crippen molar-refractivity contribution in [3.8, 4) is 0 Å². The first kappa shape index (κ1) is 9.80. The average Bonchev–Trinajstić information content (AvgIpc) is 2.88. The van der Waals surface area contributed by atoms with Crippen LogP contribution in [0.3, 0.4) is 0 Å². The van der Waals surface area contributed by atoms with E-state index in [4.69, 9.17) is 0 Å². The molecule has 74 valence electrons. The highest BCUT2D eigenvalue weighted by molar-refractivity contribution is 7.11. The third-order valence-electron chi connectivity index (χ3n) is 2.52. The van der Waals surface area contributed by atoms with E-state index in [0.29, 0.717) is 0 Å². The minimum Gasteiger partial charge on any atom is -0.249 e. The van der Waals surface area contributed by atoms with Gasteiger partial charge in [0.15, 0.2) is 0 Å². The lowest BCUT2D eigenvalue weighted by molar-refractivity contribution is 0.542. The van der Waals surface area contributed by atoms with Gasteiger partial charge in [-0.1, -0.05) is 6.92 Å². The Bertz CT molecular complexity index is 344. The van der Waals surface area contributed by atoms with E-state index < -0.39 is 0 Å². The highest BCUT2D eigenvalue weighted by Gasteiger charge is 2.31. The van der Waals surface area contributed by atoms with Crippen molar-refractivity contribution < 1.29 is 0 Å². The van der Waals surface area contributed by atoms with Gasteiger partial charge in [-0.15, -0.1) is 22.7 Å². The molecule has 4 heteroatoms. The Labute approximate surface area is 91.7 Å². The highest BCUT2D eigenvalue weighted by atomic mass is 32.1. The lowest BCUT2D eigenvalue weighted by Crippen LogP contribution is -2.21. The molecule has 0 aliphatic carbocycles. The van der Waals surface area contributed by atoms with Crippen LogP contribution in [0.5, 0.6) is 0 Å². The molecule has 0 atom stereocenters. The number of nitrogens with zero attached hydrogens (tertiary/aromatic N) is 2. The van der Waals surface area contributed by atoms with Crippen LogP contribution in [0.25, 0.3) is 0 Å². The maximum Gasteiger partial charge on any atom is 0.105 e. The monoisotopic (exact) mass is 224 g/mol. The Morgan fingerprint density at radius 3 is 1.93 bits per heavy atom. The Hall–Kier alpha value is -0.740. The van der Waals surface area contributed by atoms with E-state index in [0.717, 1.165) is 16.4 Å². The van der Waals surface area contributed by atoms with E-state index in [1.165, 1.54) is 0 Å². The summed E-state index contributed by atoms with van der Waals surface area (Å²) >= 11 is 3.42. The van der Waals surface area contributed by atoms with Crippen LogP contribution in [0.1, 0.15) is 30.3 Å². The van der Waals surface area contributed by atoms with Crippen molar-refractivity contribution in [1.82, 2.24) is 9.97 Å². The van der Waals surface area contributed by atoms with Gasteiger partial charge >= 0.3 is 0 Å². The van der Waals surface area contributed by atoms with Gasteiger partial charge in [-0.25, -0.2) is 9.97 Å². The molecule has 0 N–H and O–H groups in total.